The van der Waals surface area contributed by atoms with Gasteiger partial charge in [0.2, 0.25) is 16.0 Å². The molecule has 0 aliphatic rings. The Labute approximate surface area is 112 Å². The molecule has 1 aromatic heterocycles. The van der Waals surface area contributed by atoms with Gasteiger partial charge in [0, 0.05) is 13.2 Å². The number of sulfonamides is 1. The molecule has 1 heterocycles. The number of rotatable bonds is 8. The molecule has 0 fully saturated rings. The monoisotopic (exact) mass is 289 g/mol. The lowest BCUT2D eigenvalue weighted by Gasteiger charge is -2.08. The first kappa shape index (κ1) is 15.8. The SMILES string of the molecule is CC(C)COCCNS(=O)(=O)c1cnc(NN)nc1. The summed E-state index contributed by atoms with van der Waals surface area (Å²) in [5, 5.41) is 0. The summed E-state index contributed by atoms with van der Waals surface area (Å²) in [5.41, 5.74) is 2.22. The van der Waals surface area contributed by atoms with E-state index < -0.39 is 10.0 Å². The van der Waals surface area contributed by atoms with Crippen molar-refractivity contribution in [1.82, 2.24) is 14.7 Å². The first-order chi connectivity index (χ1) is 8.95. The van der Waals surface area contributed by atoms with E-state index in [1.807, 2.05) is 13.8 Å². The molecule has 8 nitrogen and oxygen atoms in total. The van der Waals surface area contributed by atoms with Gasteiger partial charge in [0.25, 0.3) is 0 Å². The van der Waals surface area contributed by atoms with E-state index in [4.69, 9.17) is 10.6 Å². The fourth-order valence-electron chi connectivity index (χ4n) is 1.18. The Kier molecular flexibility index (Phi) is 6.09. The Balaban J connectivity index is 2.46. The molecule has 19 heavy (non-hydrogen) atoms. The highest BCUT2D eigenvalue weighted by molar-refractivity contribution is 7.89. The highest BCUT2D eigenvalue weighted by Crippen LogP contribution is 2.06. The van der Waals surface area contributed by atoms with Gasteiger partial charge in [-0.15, -0.1) is 0 Å². The Hall–Kier alpha value is -1.29. The maximum atomic E-state index is 11.8. The number of aromatic nitrogens is 2. The molecule has 0 atom stereocenters. The zero-order valence-electron chi connectivity index (χ0n) is 11.0. The van der Waals surface area contributed by atoms with E-state index in [1.165, 1.54) is 12.4 Å². The minimum atomic E-state index is -3.61. The molecule has 0 spiro atoms. The van der Waals surface area contributed by atoms with Gasteiger partial charge in [0.05, 0.1) is 19.0 Å². The zero-order valence-corrected chi connectivity index (χ0v) is 11.8. The lowest BCUT2D eigenvalue weighted by molar-refractivity contribution is 0.114. The molecule has 9 heteroatoms. The molecule has 0 bridgehead atoms. The standard InChI is InChI=1S/C10H19N5O3S/c1-8(2)7-18-4-3-14-19(16,17)9-5-12-10(15-11)13-6-9/h5-6,8,14H,3-4,7,11H2,1-2H3,(H,12,13,15). The third-order valence-corrected chi connectivity index (χ3v) is 3.47. The summed E-state index contributed by atoms with van der Waals surface area (Å²) in [7, 11) is -3.61. The molecule has 0 amide bonds. The van der Waals surface area contributed by atoms with Crippen LogP contribution in [0, 0.1) is 5.92 Å². The smallest absolute Gasteiger partial charge is 0.243 e. The van der Waals surface area contributed by atoms with Crippen molar-refractivity contribution in [3.8, 4) is 0 Å². The van der Waals surface area contributed by atoms with E-state index in [0.717, 1.165) is 0 Å². The van der Waals surface area contributed by atoms with Gasteiger partial charge in [-0.25, -0.2) is 29.0 Å². The van der Waals surface area contributed by atoms with Crippen LogP contribution in [0.3, 0.4) is 0 Å². The van der Waals surface area contributed by atoms with Gasteiger partial charge in [0.1, 0.15) is 4.90 Å². The van der Waals surface area contributed by atoms with Crippen molar-refractivity contribution < 1.29 is 13.2 Å². The first-order valence-corrected chi connectivity index (χ1v) is 7.30. The second-order valence-electron chi connectivity index (χ2n) is 4.25. The van der Waals surface area contributed by atoms with Crippen LogP contribution in [0.4, 0.5) is 5.95 Å². The second kappa shape index (κ2) is 7.34. The number of hydrogen-bond acceptors (Lipinski definition) is 7. The largest absolute Gasteiger partial charge is 0.380 e. The number of anilines is 1. The summed E-state index contributed by atoms with van der Waals surface area (Å²) in [6.07, 6.45) is 2.36. The van der Waals surface area contributed by atoms with Crippen molar-refractivity contribution in [2.45, 2.75) is 18.7 Å². The number of nitrogens with one attached hydrogen (secondary N) is 2. The quantitative estimate of drug-likeness (QED) is 0.342. The number of ether oxygens (including phenoxy) is 1. The highest BCUT2D eigenvalue weighted by Gasteiger charge is 2.14. The first-order valence-electron chi connectivity index (χ1n) is 5.82. The topological polar surface area (TPSA) is 119 Å². The summed E-state index contributed by atoms with van der Waals surface area (Å²) in [4.78, 5) is 7.45. The summed E-state index contributed by atoms with van der Waals surface area (Å²) < 4.78 is 31.3. The third-order valence-electron chi connectivity index (χ3n) is 2.06. The molecule has 1 rings (SSSR count). The maximum absolute atomic E-state index is 11.8. The van der Waals surface area contributed by atoms with Gasteiger partial charge >= 0.3 is 0 Å². The maximum Gasteiger partial charge on any atom is 0.243 e. The van der Waals surface area contributed by atoms with Crippen LogP contribution < -0.4 is 16.0 Å². The molecule has 0 aromatic carbocycles. The van der Waals surface area contributed by atoms with E-state index in [9.17, 15) is 8.42 Å². The zero-order chi connectivity index (χ0) is 14.3. The minimum Gasteiger partial charge on any atom is -0.380 e. The molecule has 1 aromatic rings. The van der Waals surface area contributed by atoms with Crippen LogP contribution in [0.1, 0.15) is 13.8 Å². The molecule has 0 aliphatic heterocycles. The molecule has 108 valence electrons. The third kappa shape index (κ3) is 5.47. The fourth-order valence-corrected chi connectivity index (χ4v) is 2.08. The van der Waals surface area contributed by atoms with E-state index >= 15 is 0 Å². The summed E-state index contributed by atoms with van der Waals surface area (Å²) in [5.74, 6) is 5.66. The van der Waals surface area contributed by atoms with Crippen molar-refractivity contribution in [3.63, 3.8) is 0 Å². The van der Waals surface area contributed by atoms with Crippen molar-refractivity contribution in [1.29, 1.82) is 0 Å². The summed E-state index contributed by atoms with van der Waals surface area (Å²) in [6.45, 7) is 5.16. The molecule has 0 radical (unpaired) electrons. The average molecular weight is 289 g/mol. The van der Waals surface area contributed by atoms with Gasteiger partial charge in [-0.1, -0.05) is 13.8 Å². The van der Waals surface area contributed by atoms with Crippen molar-refractivity contribution in [3.05, 3.63) is 12.4 Å². The second-order valence-corrected chi connectivity index (χ2v) is 6.02. The number of nitrogen functional groups attached to an aromatic ring is 1. The molecule has 0 unspecified atom stereocenters. The molecular weight excluding hydrogens is 270 g/mol. The molecule has 4 N–H and O–H groups in total. The van der Waals surface area contributed by atoms with Gasteiger partial charge in [-0.05, 0) is 5.92 Å². The number of nitrogens with two attached hydrogens (primary N) is 1. The van der Waals surface area contributed by atoms with Crippen LogP contribution in [-0.2, 0) is 14.8 Å². The van der Waals surface area contributed by atoms with Gasteiger partial charge < -0.3 is 4.74 Å². The average Bonchev–Trinajstić information content (AvgIpc) is 2.38. The number of hydrazine groups is 1. The summed E-state index contributed by atoms with van der Waals surface area (Å²) in [6, 6.07) is 0. The lowest BCUT2D eigenvalue weighted by Crippen LogP contribution is -2.28. The van der Waals surface area contributed by atoms with E-state index in [0.29, 0.717) is 19.1 Å². The van der Waals surface area contributed by atoms with Crippen molar-refractivity contribution in [2.75, 3.05) is 25.2 Å². The highest BCUT2D eigenvalue weighted by atomic mass is 32.2. The summed E-state index contributed by atoms with van der Waals surface area (Å²) >= 11 is 0. The van der Waals surface area contributed by atoms with Crippen LogP contribution >= 0.6 is 0 Å². The predicted molar refractivity (Wildman–Crippen MR) is 70.7 cm³/mol. The van der Waals surface area contributed by atoms with E-state index in [-0.39, 0.29) is 17.4 Å². The minimum absolute atomic E-state index is 0.0182. The van der Waals surface area contributed by atoms with Gasteiger partial charge in [-0.2, -0.15) is 0 Å². The van der Waals surface area contributed by atoms with Crippen LogP contribution in [0.2, 0.25) is 0 Å². The molecular formula is C10H19N5O3S. The Morgan fingerprint density at radius 3 is 2.53 bits per heavy atom. The molecule has 0 saturated heterocycles. The lowest BCUT2D eigenvalue weighted by atomic mass is 10.2. The fraction of sp³-hybridized carbons (Fsp3) is 0.600. The normalized spacial score (nSPS) is 11.8. The van der Waals surface area contributed by atoms with E-state index in [2.05, 4.69) is 20.1 Å². The van der Waals surface area contributed by atoms with Crippen molar-refractivity contribution >= 4 is 16.0 Å². The van der Waals surface area contributed by atoms with Crippen LogP contribution in [0.25, 0.3) is 0 Å². The van der Waals surface area contributed by atoms with Crippen LogP contribution in [0.5, 0.6) is 0 Å². The van der Waals surface area contributed by atoms with Gasteiger partial charge in [0.15, 0.2) is 0 Å². The van der Waals surface area contributed by atoms with E-state index in [1.54, 1.807) is 0 Å². The number of nitrogens with zero attached hydrogens (tertiary/aromatic N) is 2. The van der Waals surface area contributed by atoms with Gasteiger partial charge in [-0.3, -0.25) is 5.43 Å². The Morgan fingerprint density at radius 2 is 2.00 bits per heavy atom. The molecule has 0 saturated carbocycles. The Morgan fingerprint density at radius 1 is 1.37 bits per heavy atom. The van der Waals surface area contributed by atoms with Crippen molar-refractivity contribution in [2.24, 2.45) is 11.8 Å². The van der Waals surface area contributed by atoms with Crippen LogP contribution in [-0.4, -0.2) is 38.1 Å². The van der Waals surface area contributed by atoms with Crippen LogP contribution in [0.15, 0.2) is 17.3 Å². The number of hydrogen-bond donors (Lipinski definition) is 3. The molecule has 0 aliphatic carbocycles. The Bertz CT molecular complexity index is 474. The predicted octanol–water partition coefficient (Wildman–Crippen LogP) is -0.287.